The first-order chi connectivity index (χ1) is 16.0. The van der Waals surface area contributed by atoms with Crippen LogP contribution < -0.4 is 15.0 Å². The van der Waals surface area contributed by atoms with Gasteiger partial charge in [-0.15, -0.1) is 0 Å². The lowest BCUT2D eigenvalue weighted by atomic mass is 9.97. The lowest BCUT2D eigenvalue weighted by molar-refractivity contribution is -0.107. The van der Waals surface area contributed by atoms with E-state index in [1.807, 2.05) is 55.5 Å². The number of ether oxygens (including phenoxy) is 2. The van der Waals surface area contributed by atoms with Crippen molar-refractivity contribution in [1.82, 2.24) is 10.3 Å². The highest BCUT2D eigenvalue weighted by Crippen LogP contribution is 2.32. The summed E-state index contributed by atoms with van der Waals surface area (Å²) in [6.45, 7) is 3.84. The molecule has 7 nitrogen and oxygen atoms in total. The molecule has 1 aromatic heterocycles. The molecule has 0 saturated carbocycles. The van der Waals surface area contributed by atoms with Gasteiger partial charge in [0.1, 0.15) is 12.4 Å². The first-order valence-corrected chi connectivity index (χ1v) is 10.8. The molecule has 0 saturated heterocycles. The Labute approximate surface area is 193 Å². The quantitative estimate of drug-likeness (QED) is 0.308. The molecule has 7 heteroatoms. The summed E-state index contributed by atoms with van der Waals surface area (Å²) in [7, 11) is 3.27. The van der Waals surface area contributed by atoms with Crippen LogP contribution in [0.25, 0.3) is 11.3 Å². The van der Waals surface area contributed by atoms with E-state index in [4.69, 9.17) is 14.5 Å². The number of esters is 1. The highest BCUT2D eigenvalue weighted by atomic mass is 16.5. The van der Waals surface area contributed by atoms with Crippen molar-refractivity contribution in [3.8, 4) is 17.0 Å². The van der Waals surface area contributed by atoms with Crippen molar-refractivity contribution in [3.05, 3.63) is 76.5 Å². The van der Waals surface area contributed by atoms with Crippen molar-refractivity contribution in [2.24, 2.45) is 0 Å². The molecule has 1 aliphatic rings. The summed E-state index contributed by atoms with van der Waals surface area (Å²) in [5, 5.41) is 3.45. The fourth-order valence-electron chi connectivity index (χ4n) is 4.03. The molecule has 1 amide bonds. The SMILES string of the molecule is COc1ccc(-c2cccc(CNCCc3ccc4c(c3C)COC4=O)n2)cc1N(C)C=O. The van der Waals surface area contributed by atoms with Crippen LogP contribution in [0.2, 0.25) is 0 Å². The third kappa shape index (κ3) is 4.73. The number of rotatable bonds is 9. The van der Waals surface area contributed by atoms with E-state index < -0.39 is 0 Å². The molecule has 0 unspecified atom stereocenters. The zero-order chi connectivity index (χ0) is 23.4. The number of methoxy groups -OCH3 is 1. The molecule has 1 aliphatic heterocycles. The molecule has 0 atom stereocenters. The van der Waals surface area contributed by atoms with Gasteiger partial charge in [-0.1, -0.05) is 12.1 Å². The Balaban J connectivity index is 1.40. The number of amides is 1. The molecule has 3 aromatic rings. The number of fused-ring (bicyclic) bond motifs is 1. The number of nitrogens with one attached hydrogen (secondary N) is 1. The maximum absolute atomic E-state index is 11.7. The minimum Gasteiger partial charge on any atom is -0.495 e. The Morgan fingerprint density at radius 1 is 1.21 bits per heavy atom. The molecule has 0 radical (unpaired) electrons. The number of hydrogen-bond donors (Lipinski definition) is 1. The van der Waals surface area contributed by atoms with E-state index in [0.29, 0.717) is 30.2 Å². The third-order valence-corrected chi connectivity index (χ3v) is 5.97. The van der Waals surface area contributed by atoms with E-state index in [1.54, 1.807) is 14.2 Å². The maximum atomic E-state index is 11.7. The van der Waals surface area contributed by atoms with E-state index in [0.717, 1.165) is 47.5 Å². The van der Waals surface area contributed by atoms with Gasteiger partial charge in [0.25, 0.3) is 0 Å². The average molecular weight is 446 g/mol. The van der Waals surface area contributed by atoms with Crippen molar-refractivity contribution >= 4 is 18.1 Å². The third-order valence-electron chi connectivity index (χ3n) is 5.97. The first-order valence-electron chi connectivity index (χ1n) is 10.8. The molecule has 1 N–H and O–H groups in total. The Hall–Kier alpha value is -3.71. The van der Waals surface area contributed by atoms with Gasteiger partial charge in [-0.05, 0) is 67.4 Å². The lowest BCUT2D eigenvalue weighted by Crippen LogP contribution is -2.18. The fourth-order valence-corrected chi connectivity index (χ4v) is 4.03. The van der Waals surface area contributed by atoms with Gasteiger partial charge < -0.3 is 19.7 Å². The molecule has 0 spiro atoms. The Kier molecular flexibility index (Phi) is 6.70. The van der Waals surface area contributed by atoms with Crippen molar-refractivity contribution in [2.75, 3.05) is 25.6 Å². The number of aromatic nitrogens is 1. The zero-order valence-corrected chi connectivity index (χ0v) is 19.1. The minimum atomic E-state index is -0.231. The van der Waals surface area contributed by atoms with Gasteiger partial charge in [-0.2, -0.15) is 0 Å². The second kappa shape index (κ2) is 9.83. The van der Waals surface area contributed by atoms with E-state index in [9.17, 15) is 9.59 Å². The van der Waals surface area contributed by atoms with Crippen LogP contribution in [-0.2, 0) is 29.1 Å². The van der Waals surface area contributed by atoms with E-state index in [-0.39, 0.29) is 5.97 Å². The van der Waals surface area contributed by atoms with Gasteiger partial charge in [0.05, 0.1) is 29.7 Å². The minimum absolute atomic E-state index is 0.231. The van der Waals surface area contributed by atoms with Crippen LogP contribution in [0.1, 0.15) is 32.7 Å². The summed E-state index contributed by atoms with van der Waals surface area (Å²) >= 11 is 0. The topological polar surface area (TPSA) is 80.8 Å². The molecule has 2 heterocycles. The van der Waals surface area contributed by atoms with E-state index in [1.165, 1.54) is 10.5 Å². The van der Waals surface area contributed by atoms with Crippen LogP contribution in [0.3, 0.4) is 0 Å². The number of pyridine rings is 1. The Bertz CT molecular complexity index is 1190. The number of hydrogen-bond acceptors (Lipinski definition) is 6. The van der Waals surface area contributed by atoms with Gasteiger partial charge in [-0.3, -0.25) is 9.78 Å². The van der Waals surface area contributed by atoms with Crippen LogP contribution >= 0.6 is 0 Å². The standard InChI is InChI=1S/C26H27N3O4/c1-17-18(7-9-21-22(17)15-33-26(21)31)11-12-27-14-20-5-4-6-23(28-20)19-8-10-25(32-3)24(13-19)29(2)16-30/h4-10,13,16,27H,11-12,14-15H2,1-3H3. The number of carbonyl (C=O) groups is 2. The van der Waals surface area contributed by atoms with Crippen molar-refractivity contribution in [1.29, 1.82) is 0 Å². The summed E-state index contributed by atoms with van der Waals surface area (Å²) < 4.78 is 10.5. The normalized spacial score (nSPS) is 12.3. The van der Waals surface area contributed by atoms with Gasteiger partial charge in [0.15, 0.2) is 0 Å². The van der Waals surface area contributed by atoms with Gasteiger partial charge >= 0.3 is 5.97 Å². The van der Waals surface area contributed by atoms with Crippen molar-refractivity contribution in [2.45, 2.75) is 26.5 Å². The average Bonchev–Trinajstić information content (AvgIpc) is 3.23. The highest BCUT2D eigenvalue weighted by Gasteiger charge is 2.23. The molecule has 4 rings (SSSR count). The number of anilines is 1. The van der Waals surface area contributed by atoms with Crippen LogP contribution in [-0.4, -0.2) is 38.1 Å². The summed E-state index contributed by atoms with van der Waals surface area (Å²) in [6, 6.07) is 15.5. The Morgan fingerprint density at radius 2 is 2.06 bits per heavy atom. The van der Waals surface area contributed by atoms with Crippen LogP contribution in [0.4, 0.5) is 5.69 Å². The molecular formula is C26H27N3O4. The smallest absolute Gasteiger partial charge is 0.338 e. The molecular weight excluding hydrogens is 418 g/mol. The predicted octanol–water partition coefficient (Wildman–Crippen LogP) is 3.66. The first kappa shape index (κ1) is 22.5. The molecule has 2 aromatic carbocycles. The van der Waals surface area contributed by atoms with Crippen molar-refractivity contribution < 1.29 is 19.1 Å². The highest BCUT2D eigenvalue weighted by molar-refractivity contribution is 5.93. The second-order valence-corrected chi connectivity index (χ2v) is 8.00. The maximum Gasteiger partial charge on any atom is 0.338 e. The number of nitrogens with zero attached hydrogens (tertiary/aromatic N) is 2. The fraction of sp³-hybridized carbons (Fsp3) is 0.269. The summed E-state index contributed by atoms with van der Waals surface area (Å²) in [5.74, 6) is 0.398. The number of benzene rings is 2. The molecule has 170 valence electrons. The van der Waals surface area contributed by atoms with Gasteiger partial charge in [0, 0.05) is 24.7 Å². The molecule has 33 heavy (non-hydrogen) atoms. The number of cyclic esters (lactones) is 1. The summed E-state index contributed by atoms with van der Waals surface area (Å²) in [4.78, 5) is 29.2. The van der Waals surface area contributed by atoms with Gasteiger partial charge in [0.2, 0.25) is 6.41 Å². The Morgan fingerprint density at radius 3 is 2.85 bits per heavy atom. The summed E-state index contributed by atoms with van der Waals surface area (Å²) in [6.07, 6.45) is 1.61. The number of carbonyl (C=O) groups excluding carboxylic acids is 2. The molecule has 0 aliphatic carbocycles. The lowest BCUT2D eigenvalue weighted by Gasteiger charge is -2.16. The van der Waals surface area contributed by atoms with Crippen LogP contribution in [0.5, 0.6) is 5.75 Å². The monoisotopic (exact) mass is 445 g/mol. The molecule has 0 bridgehead atoms. The van der Waals surface area contributed by atoms with Crippen LogP contribution in [0, 0.1) is 6.92 Å². The van der Waals surface area contributed by atoms with E-state index >= 15 is 0 Å². The zero-order valence-electron chi connectivity index (χ0n) is 19.1. The predicted molar refractivity (Wildman–Crippen MR) is 126 cm³/mol. The summed E-state index contributed by atoms with van der Waals surface area (Å²) in [5.41, 5.74) is 7.40. The van der Waals surface area contributed by atoms with Crippen LogP contribution in [0.15, 0.2) is 48.5 Å². The second-order valence-electron chi connectivity index (χ2n) is 8.00. The van der Waals surface area contributed by atoms with Gasteiger partial charge in [-0.25, -0.2) is 4.79 Å². The molecule has 0 fully saturated rings. The van der Waals surface area contributed by atoms with E-state index in [2.05, 4.69) is 5.32 Å². The largest absolute Gasteiger partial charge is 0.495 e. The van der Waals surface area contributed by atoms with Crippen molar-refractivity contribution in [3.63, 3.8) is 0 Å².